The molecule has 7 N–H and O–H groups in total. The van der Waals surface area contributed by atoms with Crippen LogP contribution in [-0.2, 0) is 11.2 Å². The number of carbonyl (C=O) groups excluding carboxylic acids is 1. The van der Waals surface area contributed by atoms with E-state index in [0.717, 1.165) is 17.7 Å². The highest BCUT2D eigenvalue weighted by Crippen LogP contribution is 2.36. The van der Waals surface area contributed by atoms with Gasteiger partial charge >= 0.3 is 0 Å². The Kier molecular flexibility index (Phi) is 6.98. The molecule has 0 unspecified atom stereocenters. The van der Waals surface area contributed by atoms with Gasteiger partial charge in [0.05, 0.1) is 6.61 Å². The van der Waals surface area contributed by atoms with Gasteiger partial charge in [-0.25, -0.2) is 0 Å². The third-order valence-corrected chi connectivity index (χ3v) is 5.01. The molecule has 0 saturated carbocycles. The Labute approximate surface area is 177 Å². The van der Waals surface area contributed by atoms with Crippen LogP contribution in [0.15, 0.2) is 36.4 Å². The van der Waals surface area contributed by atoms with Gasteiger partial charge < -0.3 is 45.2 Å². The number of carbonyl (C=O) groups is 1. The van der Waals surface area contributed by atoms with Gasteiger partial charge in [0.25, 0.3) is 0 Å². The van der Waals surface area contributed by atoms with E-state index < -0.39 is 54.6 Å². The Morgan fingerprint density at radius 1 is 0.935 bits per heavy atom. The Morgan fingerprint density at radius 2 is 1.61 bits per heavy atom. The highest BCUT2D eigenvalue weighted by atomic mass is 16.7. The summed E-state index contributed by atoms with van der Waals surface area (Å²) in [5.74, 6) is -1.74. The van der Waals surface area contributed by atoms with Gasteiger partial charge in [0, 0.05) is 18.6 Å². The molecule has 5 atom stereocenters. The number of aryl methyl sites for hydroxylation is 1. The van der Waals surface area contributed by atoms with Gasteiger partial charge in [-0.3, -0.25) is 4.79 Å². The van der Waals surface area contributed by atoms with Gasteiger partial charge in [-0.15, -0.1) is 0 Å². The monoisotopic (exact) mass is 436 g/mol. The number of phenols is 3. The molecule has 0 aliphatic carbocycles. The first kappa shape index (κ1) is 22.8. The minimum Gasteiger partial charge on any atom is -0.508 e. The summed E-state index contributed by atoms with van der Waals surface area (Å²) in [6.07, 6.45) is -7.61. The number of rotatable bonds is 7. The van der Waals surface area contributed by atoms with Gasteiger partial charge in [0.1, 0.15) is 53.0 Å². The molecule has 0 amide bonds. The van der Waals surface area contributed by atoms with Crippen molar-refractivity contribution in [2.75, 3.05) is 6.61 Å². The molecule has 0 bridgehead atoms. The lowest BCUT2D eigenvalue weighted by atomic mass is 9.99. The summed E-state index contributed by atoms with van der Waals surface area (Å²) < 4.78 is 10.7. The second-order valence-corrected chi connectivity index (χ2v) is 7.24. The number of ketones is 1. The van der Waals surface area contributed by atoms with Crippen molar-refractivity contribution < 1.29 is 50.0 Å². The number of ether oxygens (including phenoxy) is 2. The second-order valence-electron chi connectivity index (χ2n) is 7.24. The number of phenolic OH excluding ortho intramolecular Hbond substituents is 3. The van der Waals surface area contributed by atoms with E-state index in [4.69, 9.17) is 9.47 Å². The minimum absolute atomic E-state index is 0.0475. The molecule has 1 fully saturated rings. The second kappa shape index (κ2) is 9.50. The van der Waals surface area contributed by atoms with Gasteiger partial charge in [-0.05, 0) is 24.1 Å². The molecular formula is C21H24O10. The molecule has 1 saturated heterocycles. The van der Waals surface area contributed by atoms with Crippen molar-refractivity contribution in [3.05, 3.63) is 47.5 Å². The maximum atomic E-state index is 12.8. The van der Waals surface area contributed by atoms with Crippen molar-refractivity contribution in [2.24, 2.45) is 0 Å². The van der Waals surface area contributed by atoms with Crippen LogP contribution in [0.3, 0.4) is 0 Å². The fourth-order valence-electron chi connectivity index (χ4n) is 3.30. The maximum absolute atomic E-state index is 12.8. The van der Waals surface area contributed by atoms with Crippen LogP contribution in [0.2, 0.25) is 0 Å². The first-order valence-electron chi connectivity index (χ1n) is 9.55. The zero-order chi connectivity index (χ0) is 22.7. The lowest BCUT2D eigenvalue weighted by Crippen LogP contribution is -2.60. The predicted octanol–water partition coefficient (Wildman–Crippen LogP) is -0.202. The van der Waals surface area contributed by atoms with Crippen LogP contribution in [0, 0.1) is 0 Å². The molecule has 1 aliphatic heterocycles. The van der Waals surface area contributed by atoms with Crippen LogP contribution in [0.1, 0.15) is 22.3 Å². The average Bonchev–Trinajstić information content (AvgIpc) is 2.73. The Balaban J connectivity index is 1.82. The number of hydrogen-bond donors (Lipinski definition) is 7. The van der Waals surface area contributed by atoms with Crippen LogP contribution in [0.4, 0.5) is 0 Å². The largest absolute Gasteiger partial charge is 0.508 e. The summed E-state index contributed by atoms with van der Waals surface area (Å²) in [6, 6.07) is 8.23. The molecule has 1 aliphatic rings. The number of hydrogen-bond acceptors (Lipinski definition) is 10. The molecule has 31 heavy (non-hydrogen) atoms. The standard InChI is InChI=1S/C21H24O10/c22-9-16-18(27)19(28)20(29)21(31-16)30-15-8-12(24)7-14(26)17(15)13(25)6-3-10-1-4-11(23)5-2-10/h1-2,4-5,7-8,16,18-24,26-29H,3,6,9H2/t16-,18+,19+,20-,21-/m0/s1. The van der Waals surface area contributed by atoms with Crippen molar-refractivity contribution in [3.63, 3.8) is 0 Å². The van der Waals surface area contributed by atoms with E-state index in [0.29, 0.717) is 6.42 Å². The first-order valence-corrected chi connectivity index (χ1v) is 9.55. The summed E-state index contributed by atoms with van der Waals surface area (Å²) in [4.78, 5) is 12.8. The van der Waals surface area contributed by atoms with E-state index in [9.17, 15) is 40.5 Å². The topological polar surface area (TPSA) is 177 Å². The Hall–Kier alpha value is -2.89. The van der Waals surface area contributed by atoms with Crippen molar-refractivity contribution in [1.82, 2.24) is 0 Å². The van der Waals surface area contributed by atoms with Crippen LogP contribution < -0.4 is 4.74 Å². The van der Waals surface area contributed by atoms with Crippen LogP contribution in [-0.4, -0.2) is 78.8 Å². The number of aliphatic hydroxyl groups excluding tert-OH is 4. The Bertz CT molecular complexity index is 911. The highest BCUT2D eigenvalue weighted by Gasteiger charge is 2.45. The van der Waals surface area contributed by atoms with Crippen molar-refractivity contribution in [2.45, 2.75) is 43.5 Å². The van der Waals surface area contributed by atoms with Gasteiger partial charge in [-0.1, -0.05) is 12.1 Å². The molecule has 0 radical (unpaired) electrons. The number of Topliss-reactive ketones (excluding diaryl/α,β-unsaturated/α-hetero) is 1. The van der Waals surface area contributed by atoms with Crippen molar-refractivity contribution in [1.29, 1.82) is 0 Å². The molecular weight excluding hydrogens is 412 g/mol. The summed E-state index contributed by atoms with van der Waals surface area (Å²) in [5.41, 5.74) is 0.495. The third kappa shape index (κ3) is 5.06. The van der Waals surface area contributed by atoms with Gasteiger partial charge in [0.15, 0.2) is 5.78 Å². The van der Waals surface area contributed by atoms with Gasteiger partial charge in [-0.2, -0.15) is 0 Å². The van der Waals surface area contributed by atoms with E-state index >= 15 is 0 Å². The lowest BCUT2D eigenvalue weighted by molar-refractivity contribution is -0.277. The predicted molar refractivity (Wildman–Crippen MR) is 105 cm³/mol. The van der Waals surface area contributed by atoms with Crippen LogP contribution >= 0.6 is 0 Å². The summed E-state index contributed by atoms with van der Waals surface area (Å²) in [6.45, 7) is -0.672. The molecule has 1 heterocycles. The smallest absolute Gasteiger partial charge is 0.229 e. The van der Waals surface area contributed by atoms with E-state index in [1.54, 1.807) is 12.1 Å². The lowest BCUT2D eigenvalue weighted by Gasteiger charge is -2.39. The number of benzene rings is 2. The van der Waals surface area contributed by atoms with E-state index in [1.165, 1.54) is 12.1 Å². The zero-order valence-electron chi connectivity index (χ0n) is 16.3. The maximum Gasteiger partial charge on any atom is 0.229 e. The molecule has 0 aromatic heterocycles. The van der Waals surface area contributed by atoms with E-state index in [1.807, 2.05) is 0 Å². The number of aliphatic hydroxyl groups is 4. The van der Waals surface area contributed by atoms with E-state index in [-0.39, 0.29) is 23.5 Å². The quantitative estimate of drug-likeness (QED) is 0.288. The molecule has 3 rings (SSSR count). The van der Waals surface area contributed by atoms with Crippen LogP contribution in [0.5, 0.6) is 23.0 Å². The summed E-state index contributed by atoms with van der Waals surface area (Å²) in [5, 5.41) is 68.6. The fourth-order valence-corrected chi connectivity index (χ4v) is 3.30. The molecule has 0 spiro atoms. The van der Waals surface area contributed by atoms with Crippen molar-refractivity contribution in [3.8, 4) is 23.0 Å². The normalized spacial score (nSPS) is 25.9. The Morgan fingerprint density at radius 3 is 2.26 bits per heavy atom. The van der Waals surface area contributed by atoms with Gasteiger partial charge in [0.2, 0.25) is 6.29 Å². The molecule has 10 nitrogen and oxygen atoms in total. The minimum atomic E-state index is -1.73. The van der Waals surface area contributed by atoms with Crippen molar-refractivity contribution >= 4 is 5.78 Å². The summed E-state index contributed by atoms with van der Waals surface area (Å²) >= 11 is 0. The first-order chi connectivity index (χ1) is 14.7. The number of aromatic hydroxyl groups is 3. The zero-order valence-corrected chi connectivity index (χ0v) is 16.3. The van der Waals surface area contributed by atoms with Crippen LogP contribution in [0.25, 0.3) is 0 Å². The molecule has 2 aromatic carbocycles. The SMILES string of the molecule is O=C(CCc1ccc(O)cc1)c1c(O)cc(O)cc1O[C@H]1O[C@@H](CO)[C@@H](O)[C@@H](O)[C@@H]1O. The average molecular weight is 436 g/mol. The fraction of sp³-hybridized carbons (Fsp3) is 0.381. The highest BCUT2D eigenvalue weighted by molar-refractivity contribution is 6.01. The third-order valence-electron chi connectivity index (χ3n) is 5.01. The molecule has 168 valence electrons. The van der Waals surface area contributed by atoms with E-state index in [2.05, 4.69) is 0 Å². The molecule has 2 aromatic rings. The summed E-state index contributed by atoms with van der Waals surface area (Å²) in [7, 11) is 0. The molecule has 10 heteroatoms.